The normalized spacial score (nSPS) is 19.3. The lowest BCUT2D eigenvalue weighted by Crippen LogP contribution is -2.49. The number of benzene rings is 2. The average molecular weight is 536 g/mol. The number of rotatable bonds is 7. The van der Waals surface area contributed by atoms with E-state index in [1.54, 1.807) is 29.1 Å². The Balaban J connectivity index is 1.49. The third-order valence-corrected chi connectivity index (χ3v) is 7.27. The van der Waals surface area contributed by atoms with E-state index in [0.29, 0.717) is 5.56 Å². The maximum absolute atomic E-state index is 14.2. The summed E-state index contributed by atoms with van der Waals surface area (Å²) in [5.74, 6) is -1.01. The van der Waals surface area contributed by atoms with Crippen molar-refractivity contribution in [3.05, 3.63) is 71.8 Å². The number of amides is 2. The first kappa shape index (κ1) is 28.4. The molecule has 0 bridgehead atoms. The van der Waals surface area contributed by atoms with Gasteiger partial charge in [0.15, 0.2) is 0 Å². The minimum absolute atomic E-state index is 0.0761. The minimum atomic E-state index is -0.806. The second kappa shape index (κ2) is 11.3. The smallest absolute Gasteiger partial charge is 0.248 e. The van der Waals surface area contributed by atoms with Gasteiger partial charge in [0.05, 0.1) is 17.8 Å². The summed E-state index contributed by atoms with van der Waals surface area (Å²) in [6.07, 6.45) is 1.15. The Kier molecular flexibility index (Phi) is 8.20. The second-order valence-corrected chi connectivity index (χ2v) is 11.8. The number of hydrogen-bond donors (Lipinski definition) is 2. The van der Waals surface area contributed by atoms with Crippen molar-refractivity contribution in [2.75, 3.05) is 6.54 Å². The van der Waals surface area contributed by atoms with Crippen molar-refractivity contribution < 1.29 is 19.1 Å². The van der Waals surface area contributed by atoms with Gasteiger partial charge in [0, 0.05) is 30.1 Å². The summed E-state index contributed by atoms with van der Waals surface area (Å²) < 4.78 is 15.7. The van der Waals surface area contributed by atoms with Gasteiger partial charge in [-0.15, -0.1) is 5.10 Å². The topological polar surface area (TPSA) is 100 Å². The number of halogens is 1. The first-order chi connectivity index (χ1) is 18.4. The maximum atomic E-state index is 14.2. The number of β-amino-alcohol motifs (C(OH)–C–C–N with tert-alkyl or cyclic N) is 1. The molecule has 4 atom stereocenters. The van der Waals surface area contributed by atoms with Gasteiger partial charge in [-0.2, -0.15) is 0 Å². The van der Waals surface area contributed by atoms with E-state index in [4.69, 9.17) is 0 Å². The standard InChI is InChI=1S/C30H38FN5O3/c1-18(2)27(36-17-26(33-34-36)30(4,5)6)29(39)35-16-22(37)15-25(35)28(38)32-19(3)20-11-13-21(14-12-20)23-9-7-8-10-24(23)31/h7-14,17-19,22,25,27,37H,15-16H2,1-6H3,(H,32,38)/t19-,22+,25-,27-/m0/s1. The van der Waals surface area contributed by atoms with Crippen LogP contribution in [-0.4, -0.2) is 55.5 Å². The zero-order valence-electron chi connectivity index (χ0n) is 23.4. The molecule has 1 aliphatic rings. The van der Waals surface area contributed by atoms with Crippen LogP contribution in [0.25, 0.3) is 11.1 Å². The molecule has 1 saturated heterocycles. The molecule has 2 heterocycles. The van der Waals surface area contributed by atoms with Crippen LogP contribution < -0.4 is 5.32 Å². The molecule has 2 aromatic carbocycles. The molecule has 1 aromatic heterocycles. The number of aromatic nitrogens is 3. The summed E-state index contributed by atoms with van der Waals surface area (Å²) in [5, 5.41) is 21.9. The van der Waals surface area contributed by atoms with Crippen LogP contribution in [0.5, 0.6) is 0 Å². The molecule has 0 spiro atoms. The molecule has 2 N–H and O–H groups in total. The molecule has 1 aliphatic heterocycles. The monoisotopic (exact) mass is 535 g/mol. The van der Waals surface area contributed by atoms with Gasteiger partial charge in [0.2, 0.25) is 11.8 Å². The van der Waals surface area contributed by atoms with E-state index < -0.39 is 18.2 Å². The summed E-state index contributed by atoms with van der Waals surface area (Å²) in [7, 11) is 0. The molecular formula is C30H38FN5O3. The first-order valence-corrected chi connectivity index (χ1v) is 13.4. The maximum Gasteiger partial charge on any atom is 0.248 e. The molecule has 8 nitrogen and oxygen atoms in total. The lowest BCUT2D eigenvalue weighted by Gasteiger charge is -2.30. The van der Waals surface area contributed by atoms with Gasteiger partial charge in [0.25, 0.3) is 0 Å². The third kappa shape index (κ3) is 6.19. The minimum Gasteiger partial charge on any atom is -0.391 e. The quantitative estimate of drug-likeness (QED) is 0.467. The fraction of sp³-hybridized carbons (Fsp3) is 0.467. The number of nitrogens with zero attached hydrogens (tertiary/aromatic N) is 4. The number of hydrogen-bond acceptors (Lipinski definition) is 5. The van der Waals surface area contributed by atoms with E-state index in [-0.39, 0.29) is 48.0 Å². The highest BCUT2D eigenvalue weighted by atomic mass is 19.1. The van der Waals surface area contributed by atoms with Crippen molar-refractivity contribution in [1.29, 1.82) is 0 Å². The predicted molar refractivity (Wildman–Crippen MR) is 147 cm³/mol. The van der Waals surface area contributed by atoms with E-state index in [0.717, 1.165) is 16.8 Å². The lowest BCUT2D eigenvalue weighted by atomic mass is 9.93. The highest BCUT2D eigenvalue weighted by Gasteiger charge is 2.43. The highest BCUT2D eigenvalue weighted by Crippen LogP contribution is 2.29. The van der Waals surface area contributed by atoms with Crippen LogP contribution in [0.4, 0.5) is 4.39 Å². The number of aliphatic hydroxyl groups excluding tert-OH is 1. The van der Waals surface area contributed by atoms with E-state index in [9.17, 15) is 19.1 Å². The summed E-state index contributed by atoms with van der Waals surface area (Å²) >= 11 is 0. The van der Waals surface area contributed by atoms with Crippen molar-refractivity contribution in [3.8, 4) is 11.1 Å². The van der Waals surface area contributed by atoms with E-state index in [1.165, 1.54) is 11.0 Å². The zero-order valence-corrected chi connectivity index (χ0v) is 23.4. The van der Waals surface area contributed by atoms with Crippen LogP contribution in [0.2, 0.25) is 0 Å². The second-order valence-electron chi connectivity index (χ2n) is 11.8. The number of aliphatic hydroxyl groups is 1. The van der Waals surface area contributed by atoms with Crippen LogP contribution in [0, 0.1) is 11.7 Å². The Morgan fingerprint density at radius 2 is 1.74 bits per heavy atom. The average Bonchev–Trinajstić information content (AvgIpc) is 3.51. The molecule has 0 saturated carbocycles. The molecule has 39 heavy (non-hydrogen) atoms. The third-order valence-electron chi connectivity index (χ3n) is 7.27. The first-order valence-electron chi connectivity index (χ1n) is 13.4. The van der Waals surface area contributed by atoms with Crippen LogP contribution in [0.1, 0.15) is 71.3 Å². The fourth-order valence-corrected chi connectivity index (χ4v) is 4.98. The zero-order chi connectivity index (χ0) is 28.5. The summed E-state index contributed by atoms with van der Waals surface area (Å²) in [6, 6.07) is 12.1. The van der Waals surface area contributed by atoms with Crippen LogP contribution in [-0.2, 0) is 15.0 Å². The van der Waals surface area contributed by atoms with Gasteiger partial charge >= 0.3 is 0 Å². The van der Waals surface area contributed by atoms with Crippen molar-refractivity contribution in [3.63, 3.8) is 0 Å². The van der Waals surface area contributed by atoms with E-state index in [1.807, 2.05) is 65.8 Å². The Labute approximate surface area is 229 Å². The molecule has 2 amide bonds. The Morgan fingerprint density at radius 3 is 2.33 bits per heavy atom. The van der Waals surface area contributed by atoms with Crippen LogP contribution in [0.3, 0.4) is 0 Å². The van der Waals surface area contributed by atoms with Gasteiger partial charge in [-0.05, 0) is 30.0 Å². The molecule has 0 unspecified atom stereocenters. The lowest BCUT2D eigenvalue weighted by molar-refractivity contribution is -0.142. The summed E-state index contributed by atoms with van der Waals surface area (Å²) in [5.41, 5.74) is 2.65. The number of carbonyl (C=O) groups excluding carboxylic acids is 2. The number of carbonyl (C=O) groups is 2. The molecule has 4 rings (SSSR count). The van der Waals surface area contributed by atoms with E-state index in [2.05, 4.69) is 15.6 Å². The van der Waals surface area contributed by atoms with Gasteiger partial charge in [0.1, 0.15) is 17.9 Å². The summed E-state index contributed by atoms with van der Waals surface area (Å²) in [6.45, 7) is 11.9. The molecule has 0 radical (unpaired) electrons. The Morgan fingerprint density at radius 1 is 1.08 bits per heavy atom. The van der Waals surface area contributed by atoms with Gasteiger partial charge < -0.3 is 15.3 Å². The SMILES string of the molecule is CC(C)[C@@H](C(=O)N1C[C@H](O)C[C@H]1C(=O)N[C@@H](C)c1ccc(-c2ccccc2F)cc1)n1cc(C(C)(C)C)nn1. The molecule has 9 heteroatoms. The largest absolute Gasteiger partial charge is 0.391 e. The number of nitrogens with one attached hydrogen (secondary N) is 1. The fourth-order valence-electron chi connectivity index (χ4n) is 4.98. The summed E-state index contributed by atoms with van der Waals surface area (Å²) in [4.78, 5) is 28.6. The van der Waals surface area contributed by atoms with Gasteiger partial charge in [-0.1, -0.05) is 82.3 Å². The van der Waals surface area contributed by atoms with Crippen molar-refractivity contribution in [2.45, 2.75) is 77.6 Å². The highest BCUT2D eigenvalue weighted by molar-refractivity contribution is 5.90. The van der Waals surface area contributed by atoms with Crippen LogP contribution in [0.15, 0.2) is 54.7 Å². The Bertz CT molecular complexity index is 1310. The van der Waals surface area contributed by atoms with Crippen LogP contribution >= 0.6 is 0 Å². The molecule has 3 aromatic rings. The van der Waals surface area contributed by atoms with Crippen molar-refractivity contribution in [2.24, 2.45) is 5.92 Å². The van der Waals surface area contributed by atoms with Crippen molar-refractivity contribution in [1.82, 2.24) is 25.2 Å². The predicted octanol–water partition coefficient (Wildman–Crippen LogP) is 4.42. The molecule has 208 valence electrons. The van der Waals surface area contributed by atoms with Gasteiger partial charge in [-0.3, -0.25) is 9.59 Å². The molecular weight excluding hydrogens is 497 g/mol. The van der Waals surface area contributed by atoms with Crippen molar-refractivity contribution >= 4 is 11.8 Å². The molecule has 1 fully saturated rings. The molecule has 0 aliphatic carbocycles. The Hall–Kier alpha value is -3.59. The van der Waals surface area contributed by atoms with Gasteiger partial charge in [-0.25, -0.2) is 9.07 Å². The number of likely N-dealkylation sites (tertiary alicyclic amines) is 1. The van der Waals surface area contributed by atoms with E-state index >= 15 is 0 Å².